The molecule has 4 N–H and O–H groups in total. The van der Waals surface area contributed by atoms with Crippen molar-refractivity contribution in [2.75, 3.05) is 18.4 Å². The number of carbonyl (C=O) groups is 1. The van der Waals surface area contributed by atoms with E-state index in [2.05, 4.69) is 20.8 Å². The van der Waals surface area contributed by atoms with E-state index in [1.165, 1.54) is 24.3 Å². The summed E-state index contributed by atoms with van der Waals surface area (Å²) >= 11 is 0. The van der Waals surface area contributed by atoms with Crippen LogP contribution in [0.3, 0.4) is 0 Å². The van der Waals surface area contributed by atoms with Crippen LogP contribution in [0, 0.1) is 5.82 Å². The number of aliphatic hydroxyl groups is 1. The molecule has 7 nitrogen and oxygen atoms in total. The average Bonchev–Trinajstić information content (AvgIpc) is 2.69. The highest BCUT2D eigenvalue weighted by atomic mass is 19.1. The highest BCUT2D eigenvalue weighted by molar-refractivity contribution is 5.90. The van der Waals surface area contributed by atoms with Crippen molar-refractivity contribution in [1.82, 2.24) is 15.5 Å². The second-order valence-corrected chi connectivity index (χ2v) is 5.97. The van der Waals surface area contributed by atoms with E-state index in [1.54, 1.807) is 18.2 Å². The van der Waals surface area contributed by atoms with Gasteiger partial charge in [-0.2, -0.15) is 5.10 Å². The predicted molar refractivity (Wildman–Crippen MR) is 99.8 cm³/mol. The second kappa shape index (κ2) is 8.41. The van der Waals surface area contributed by atoms with Gasteiger partial charge in [-0.25, -0.2) is 9.49 Å². The van der Waals surface area contributed by atoms with Gasteiger partial charge in [-0.3, -0.25) is 9.59 Å². The monoisotopic (exact) mass is 370 g/mol. The van der Waals surface area contributed by atoms with Crippen LogP contribution in [0.15, 0.2) is 53.3 Å². The summed E-state index contributed by atoms with van der Waals surface area (Å²) in [4.78, 5) is 23.7. The molecule has 0 saturated heterocycles. The van der Waals surface area contributed by atoms with E-state index in [1.807, 2.05) is 6.07 Å². The topological polar surface area (TPSA) is 107 Å². The molecule has 1 aromatic heterocycles. The quantitative estimate of drug-likeness (QED) is 0.474. The zero-order valence-electron chi connectivity index (χ0n) is 14.4. The van der Waals surface area contributed by atoms with Gasteiger partial charge in [0.2, 0.25) is 0 Å². The minimum Gasteiger partial charge on any atom is -0.378 e. The van der Waals surface area contributed by atoms with Crippen molar-refractivity contribution in [2.45, 2.75) is 12.5 Å². The van der Waals surface area contributed by atoms with E-state index in [9.17, 15) is 19.1 Å². The first-order chi connectivity index (χ1) is 13.1. The van der Waals surface area contributed by atoms with Gasteiger partial charge in [0.1, 0.15) is 5.82 Å². The van der Waals surface area contributed by atoms with Gasteiger partial charge in [0.05, 0.1) is 5.39 Å². The summed E-state index contributed by atoms with van der Waals surface area (Å²) in [7, 11) is 0. The zero-order valence-corrected chi connectivity index (χ0v) is 14.4. The smallest absolute Gasteiger partial charge is 0.272 e. The number of fused-ring (bicyclic) bond motifs is 1. The van der Waals surface area contributed by atoms with E-state index in [4.69, 9.17) is 0 Å². The predicted octanol–water partition coefficient (Wildman–Crippen LogP) is 1.71. The van der Waals surface area contributed by atoms with Gasteiger partial charge < -0.3 is 15.7 Å². The summed E-state index contributed by atoms with van der Waals surface area (Å²) in [5.41, 5.74) is 0.0779. The molecule has 8 heteroatoms. The number of aliphatic hydroxyl groups excluding tert-OH is 1. The molecule has 0 bridgehead atoms. The van der Waals surface area contributed by atoms with Gasteiger partial charge in [-0.15, -0.1) is 0 Å². The lowest BCUT2D eigenvalue weighted by atomic mass is 10.1. The lowest BCUT2D eigenvalue weighted by Gasteiger charge is -2.12. The fraction of sp³-hybridized carbons (Fsp3) is 0.211. The molecule has 140 valence electrons. The van der Waals surface area contributed by atoms with E-state index < -0.39 is 17.8 Å². The summed E-state index contributed by atoms with van der Waals surface area (Å²) < 4.78 is 12.9. The molecule has 0 spiro atoms. The standard InChI is InChI=1S/C19H19FN4O3/c20-13-8-6-12(7-9-13)16(25)19(27)22-11-3-10-21-17-14-4-1-2-5-15(14)18(26)24-23-17/h1-2,4-9,16,25H,3,10-11H2,(H,21,23)(H,22,27)(H,24,26). The van der Waals surface area contributed by atoms with Crippen molar-refractivity contribution in [3.63, 3.8) is 0 Å². The maximum absolute atomic E-state index is 12.9. The fourth-order valence-corrected chi connectivity index (χ4v) is 2.65. The fourth-order valence-electron chi connectivity index (χ4n) is 2.65. The summed E-state index contributed by atoms with van der Waals surface area (Å²) in [6, 6.07) is 12.3. The minimum absolute atomic E-state index is 0.252. The Bertz CT molecular complexity index is 988. The molecule has 27 heavy (non-hydrogen) atoms. The molecule has 0 fully saturated rings. The van der Waals surface area contributed by atoms with Crippen LogP contribution in [0.25, 0.3) is 10.8 Å². The van der Waals surface area contributed by atoms with Gasteiger partial charge in [0, 0.05) is 18.5 Å². The molecule has 3 rings (SSSR count). The molecular formula is C19H19FN4O3. The Balaban J connectivity index is 1.48. The molecule has 0 aliphatic rings. The largest absolute Gasteiger partial charge is 0.378 e. The highest BCUT2D eigenvalue weighted by Gasteiger charge is 2.16. The number of aromatic nitrogens is 2. The number of carbonyl (C=O) groups excluding carboxylic acids is 1. The number of hydrogen-bond donors (Lipinski definition) is 4. The summed E-state index contributed by atoms with van der Waals surface area (Å²) in [6.45, 7) is 0.849. The molecule has 2 aromatic carbocycles. The third-order valence-electron chi connectivity index (χ3n) is 4.08. The van der Waals surface area contributed by atoms with Crippen LogP contribution in [0.5, 0.6) is 0 Å². The van der Waals surface area contributed by atoms with Gasteiger partial charge in [-0.05, 0) is 30.2 Å². The van der Waals surface area contributed by atoms with E-state index >= 15 is 0 Å². The van der Waals surface area contributed by atoms with Crippen molar-refractivity contribution in [3.05, 3.63) is 70.3 Å². The van der Waals surface area contributed by atoms with Crippen molar-refractivity contribution in [1.29, 1.82) is 0 Å². The Morgan fingerprint density at radius 2 is 1.81 bits per heavy atom. The van der Waals surface area contributed by atoms with Crippen molar-refractivity contribution >= 4 is 22.5 Å². The van der Waals surface area contributed by atoms with Crippen LogP contribution >= 0.6 is 0 Å². The molecule has 0 aliphatic heterocycles. The van der Waals surface area contributed by atoms with Crippen LogP contribution in [-0.2, 0) is 4.79 Å². The van der Waals surface area contributed by atoms with Gasteiger partial charge in [-0.1, -0.05) is 30.3 Å². The van der Waals surface area contributed by atoms with E-state index in [-0.39, 0.29) is 5.56 Å². The van der Waals surface area contributed by atoms with E-state index in [0.29, 0.717) is 36.3 Å². The molecule has 0 saturated carbocycles. The Hall–Kier alpha value is -3.26. The third-order valence-corrected chi connectivity index (χ3v) is 4.08. The first-order valence-corrected chi connectivity index (χ1v) is 8.49. The summed E-state index contributed by atoms with van der Waals surface area (Å²) in [5, 5.41) is 23.4. The van der Waals surface area contributed by atoms with E-state index in [0.717, 1.165) is 5.39 Å². The maximum Gasteiger partial charge on any atom is 0.272 e. The molecule has 1 unspecified atom stereocenters. The number of benzene rings is 2. The number of halogens is 1. The normalized spacial score (nSPS) is 11.9. The van der Waals surface area contributed by atoms with Gasteiger partial charge in [0.25, 0.3) is 11.5 Å². The molecule has 0 aliphatic carbocycles. The highest BCUT2D eigenvalue weighted by Crippen LogP contribution is 2.16. The van der Waals surface area contributed by atoms with Crippen LogP contribution in [0.1, 0.15) is 18.1 Å². The maximum atomic E-state index is 12.9. The molecular weight excluding hydrogens is 351 g/mol. The van der Waals surface area contributed by atoms with Crippen molar-refractivity contribution in [2.24, 2.45) is 0 Å². The SMILES string of the molecule is O=C(NCCCNc1n[nH]c(=O)c2ccccc12)C(O)c1ccc(F)cc1. The lowest BCUT2D eigenvalue weighted by Crippen LogP contribution is -2.31. The summed E-state index contributed by atoms with van der Waals surface area (Å²) in [5.74, 6) is -0.419. The Morgan fingerprint density at radius 3 is 2.56 bits per heavy atom. The summed E-state index contributed by atoms with van der Waals surface area (Å²) in [6.07, 6.45) is -0.764. The Kier molecular flexibility index (Phi) is 5.77. The third kappa shape index (κ3) is 4.48. The van der Waals surface area contributed by atoms with Crippen LogP contribution in [0.4, 0.5) is 10.2 Å². The number of H-pyrrole nitrogens is 1. The van der Waals surface area contributed by atoms with Crippen LogP contribution in [0.2, 0.25) is 0 Å². The molecule has 1 amide bonds. The zero-order chi connectivity index (χ0) is 19.2. The number of hydrogen-bond acceptors (Lipinski definition) is 5. The molecule has 3 aromatic rings. The number of anilines is 1. The lowest BCUT2D eigenvalue weighted by molar-refractivity contribution is -0.129. The second-order valence-electron chi connectivity index (χ2n) is 5.97. The van der Waals surface area contributed by atoms with Gasteiger partial charge >= 0.3 is 0 Å². The number of nitrogens with zero attached hydrogens (tertiary/aromatic N) is 1. The van der Waals surface area contributed by atoms with Crippen LogP contribution < -0.4 is 16.2 Å². The Morgan fingerprint density at radius 1 is 1.11 bits per heavy atom. The Labute approximate surface area is 154 Å². The number of rotatable bonds is 7. The molecule has 0 radical (unpaired) electrons. The number of amides is 1. The molecule has 1 atom stereocenters. The minimum atomic E-state index is -1.34. The number of aromatic amines is 1. The van der Waals surface area contributed by atoms with Gasteiger partial charge in [0.15, 0.2) is 11.9 Å². The first-order valence-electron chi connectivity index (χ1n) is 8.49. The van der Waals surface area contributed by atoms with Crippen LogP contribution in [-0.4, -0.2) is 34.3 Å². The molecule has 1 heterocycles. The first kappa shape index (κ1) is 18.5. The average molecular weight is 370 g/mol. The van der Waals surface area contributed by atoms with Crippen molar-refractivity contribution in [3.8, 4) is 0 Å². The van der Waals surface area contributed by atoms with Crippen molar-refractivity contribution < 1.29 is 14.3 Å². The number of nitrogens with one attached hydrogen (secondary N) is 3.